The van der Waals surface area contributed by atoms with Gasteiger partial charge in [0, 0.05) is 17.3 Å². The van der Waals surface area contributed by atoms with Crippen molar-refractivity contribution in [3.63, 3.8) is 0 Å². The fourth-order valence-electron chi connectivity index (χ4n) is 2.44. The van der Waals surface area contributed by atoms with Crippen molar-refractivity contribution in [3.05, 3.63) is 59.7 Å². The van der Waals surface area contributed by atoms with Crippen LogP contribution in [0.3, 0.4) is 0 Å². The Balaban J connectivity index is 2.13. The Bertz CT molecular complexity index is 809. The molecular formula is C21H23F2NO3. The molecule has 4 nitrogen and oxygen atoms in total. The Morgan fingerprint density at radius 3 is 2.33 bits per heavy atom. The highest BCUT2D eigenvalue weighted by atomic mass is 19.3. The number of hydrogen-bond donors (Lipinski definition) is 1. The minimum atomic E-state index is -3.00. The minimum absolute atomic E-state index is 0.0237. The monoisotopic (exact) mass is 375 g/mol. The van der Waals surface area contributed by atoms with E-state index >= 15 is 0 Å². The summed E-state index contributed by atoms with van der Waals surface area (Å²) in [6, 6.07) is 12.2. The van der Waals surface area contributed by atoms with E-state index < -0.39 is 6.61 Å². The first kappa shape index (κ1) is 20.4. The van der Waals surface area contributed by atoms with E-state index in [2.05, 4.69) is 30.8 Å². The lowest BCUT2D eigenvalue weighted by Crippen LogP contribution is -2.12. The molecule has 1 amide bonds. The van der Waals surface area contributed by atoms with Crippen LogP contribution in [0, 0.1) is 0 Å². The third kappa shape index (κ3) is 5.81. The normalized spacial score (nSPS) is 11.7. The van der Waals surface area contributed by atoms with Gasteiger partial charge in [0.2, 0.25) is 5.91 Å². The molecule has 27 heavy (non-hydrogen) atoms. The number of halogens is 2. The molecule has 0 aromatic heterocycles. The lowest BCUT2D eigenvalue weighted by Gasteiger charge is -2.19. The van der Waals surface area contributed by atoms with Gasteiger partial charge in [-0.3, -0.25) is 4.79 Å². The Labute approximate surface area is 157 Å². The molecule has 0 fully saturated rings. The molecule has 6 heteroatoms. The van der Waals surface area contributed by atoms with Crippen LogP contribution in [0.5, 0.6) is 11.5 Å². The number of alkyl halides is 2. The van der Waals surface area contributed by atoms with Crippen LogP contribution in [0.2, 0.25) is 0 Å². The number of hydrogen-bond acceptors (Lipinski definition) is 3. The zero-order chi connectivity index (χ0) is 20.0. The maximum Gasteiger partial charge on any atom is 0.387 e. The van der Waals surface area contributed by atoms with E-state index in [1.54, 1.807) is 12.1 Å². The van der Waals surface area contributed by atoms with Crippen LogP contribution in [0.4, 0.5) is 14.5 Å². The number of anilines is 1. The molecule has 0 saturated heterocycles. The predicted octanol–water partition coefficient (Wildman–Crippen LogP) is 5.25. The van der Waals surface area contributed by atoms with Gasteiger partial charge in [-0.05, 0) is 35.3 Å². The molecule has 0 spiro atoms. The number of carbonyl (C=O) groups is 1. The van der Waals surface area contributed by atoms with Crippen molar-refractivity contribution in [1.82, 2.24) is 0 Å². The van der Waals surface area contributed by atoms with Gasteiger partial charge in [-0.15, -0.1) is 0 Å². The summed E-state index contributed by atoms with van der Waals surface area (Å²) in [7, 11) is 1.36. The van der Waals surface area contributed by atoms with Gasteiger partial charge < -0.3 is 14.8 Å². The van der Waals surface area contributed by atoms with Gasteiger partial charge >= 0.3 is 6.61 Å². The van der Waals surface area contributed by atoms with Crippen molar-refractivity contribution in [3.8, 4) is 11.5 Å². The SMILES string of the molecule is COc1cccc(/C=C/C(=O)Nc2ccc(C(C)(C)C)cc2)c1OC(F)F. The Kier molecular flexibility index (Phi) is 6.55. The molecular weight excluding hydrogens is 352 g/mol. The summed E-state index contributed by atoms with van der Waals surface area (Å²) >= 11 is 0. The number of nitrogens with one attached hydrogen (secondary N) is 1. The molecule has 0 aliphatic rings. The second-order valence-electron chi connectivity index (χ2n) is 6.91. The summed E-state index contributed by atoms with van der Waals surface area (Å²) in [5, 5.41) is 2.73. The predicted molar refractivity (Wildman–Crippen MR) is 102 cm³/mol. The van der Waals surface area contributed by atoms with Gasteiger partial charge in [0.1, 0.15) is 0 Å². The summed E-state index contributed by atoms with van der Waals surface area (Å²) in [6.07, 6.45) is 2.66. The average Bonchev–Trinajstić information content (AvgIpc) is 2.60. The zero-order valence-corrected chi connectivity index (χ0v) is 15.8. The number of para-hydroxylation sites is 1. The van der Waals surface area contributed by atoms with Crippen LogP contribution in [0.1, 0.15) is 31.9 Å². The quantitative estimate of drug-likeness (QED) is 0.702. The maximum atomic E-state index is 12.6. The van der Waals surface area contributed by atoms with Gasteiger partial charge in [-0.1, -0.05) is 45.0 Å². The van der Waals surface area contributed by atoms with Gasteiger partial charge in [0.15, 0.2) is 11.5 Å². The molecule has 1 N–H and O–H groups in total. The van der Waals surface area contributed by atoms with Gasteiger partial charge in [0.25, 0.3) is 0 Å². The summed E-state index contributed by atoms with van der Waals surface area (Å²) in [5.41, 5.74) is 2.14. The average molecular weight is 375 g/mol. The molecule has 0 saturated carbocycles. The van der Waals surface area contributed by atoms with Crippen molar-refractivity contribution < 1.29 is 23.0 Å². The highest BCUT2D eigenvalue weighted by Gasteiger charge is 2.15. The second kappa shape index (κ2) is 8.66. The molecule has 0 heterocycles. The topological polar surface area (TPSA) is 47.6 Å². The fraction of sp³-hybridized carbons (Fsp3) is 0.286. The van der Waals surface area contributed by atoms with E-state index in [9.17, 15) is 13.6 Å². The Morgan fingerprint density at radius 1 is 1.11 bits per heavy atom. The lowest BCUT2D eigenvalue weighted by atomic mass is 9.87. The third-order valence-electron chi connectivity index (χ3n) is 3.87. The van der Waals surface area contributed by atoms with Crippen molar-refractivity contribution in [2.45, 2.75) is 32.8 Å². The smallest absolute Gasteiger partial charge is 0.387 e. The lowest BCUT2D eigenvalue weighted by molar-refractivity contribution is -0.111. The molecule has 0 aliphatic carbocycles. The van der Waals surface area contributed by atoms with E-state index in [1.165, 1.54) is 25.3 Å². The van der Waals surface area contributed by atoms with E-state index in [1.807, 2.05) is 24.3 Å². The maximum absolute atomic E-state index is 12.6. The molecule has 2 aromatic carbocycles. The largest absolute Gasteiger partial charge is 0.493 e. The number of rotatable bonds is 6. The minimum Gasteiger partial charge on any atom is -0.493 e. The Hall–Kier alpha value is -2.89. The summed E-state index contributed by atoms with van der Waals surface area (Å²) < 4.78 is 34.8. The molecule has 0 aliphatic heterocycles. The van der Waals surface area contributed by atoms with Crippen LogP contribution >= 0.6 is 0 Å². The number of methoxy groups -OCH3 is 1. The van der Waals surface area contributed by atoms with E-state index in [0.717, 1.165) is 5.56 Å². The summed E-state index contributed by atoms with van der Waals surface area (Å²) in [4.78, 5) is 12.1. The van der Waals surface area contributed by atoms with E-state index in [4.69, 9.17) is 4.74 Å². The van der Waals surface area contributed by atoms with Crippen molar-refractivity contribution in [2.75, 3.05) is 12.4 Å². The highest BCUT2D eigenvalue weighted by Crippen LogP contribution is 2.33. The van der Waals surface area contributed by atoms with Crippen LogP contribution in [0.25, 0.3) is 6.08 Å². The Morgan fingerprint density at radius 2 is 1.78 bits per heavy atom. The molecule has 0 unspecified atom stereocenters. The molecule has 144 valence electrons. The molecule has 2 aromatic rings. The van der Waals surface area contributed by atoms with Gasteiger partial charge in [-0.25, -0.2) is 0 Å². The van der Waals surface area contributed by atoms with Crippen LogP contribution in [0.15, 0.2) is 48.5 Å². The molecule has 0 atom stereocenters. The first-order chi connectivity index (χ1) is 12.7. The first-order valence-electron chi connectivity index (χ1n) is 8.42. The molecule has 0 bridgehead atoms. The van der Waals surface area contributed by atoms with Gasteiger partial charge in [0.05, 0.1) is 7.11 Å². The van der Waals surface area contributed by atoms with E-state index in [-0.39, 0.29) is 22.8 Å². The second-order valence-corrected chi connectivity index (χ2v) is 6.91. The summed E-state index contributed by atoms with van der Waals surface area (Å²) in [5.74, 6) is -0.339. The number of carbonyl (C=O) groups excluding carboxylic acids is 1. The molecule has 0 radical (unpaired) electrons. The molecule has 2 rings (SSSR count). The van der Waals surface area contributed by atoms with Crippen molar-refractivity contribution in [1.29, 1.82) is 0 Å². The standard InChI is InChI=1S/C21H23F2NO3/c1-21(2,3)15-9-11-16(12-10-15)24-18(25)13-8-14-6-5-7-17(26-4)19(14)27-20(22)23/h5-13,20H,1-4H3,(H,24,25)/b13-8+. The summed E-state index contributed by atoms with van der Waals surface area (Å²) in [6.45, 7) is 3.33. The van der Waals surface area contributed by atoms with Crippen molar-refractivity contribution >= 4 is 17.7 Å². The fourth-order valence-corrected chi connectivity index (χ4v) is 2.44. The first-order valence-corrected chi connectivity index (χ1v) is 8.42. The highest BCUT2D eigenvalue weighted by molar-refractivity contribution is 6.02. The van der Waals surface area contributed by atoms with Crippen LogP contribution in [-0.4, -0.2) is 19.6 Å². The van der Waals surface area contributed by atoms with Gasteiger partial charge in [-0.2, -0.15) is 8.78 Å². The third-order valence-corrected chi connectivity index (χ3v) is 3.87. The zero-order valence-electron chi connectivity index (χ0n) is 15.8. The number of amides is 1. The van der Waals surface area contributed by atoms with Crippen LogP contribution in [-0.2, 0) is 10.2 Å². The van der Waals surface area contributed by atoms with Crippen LogP contribution < -0.4 is 14.8 Å². The van der Waals surface area contributed by atoms with E-state index in [0.29, 0.717) is 11.3 Å². The van der Waals surface area contributed by atoms with Crippen molar-refractivity contribution in [2.24, 2.45) is 0 Å². The number of benzene rings is 2. The number of ether oxygens (including phenoxy) is 2.